The van der Waals surface area contributed by atoms with Gasteiger partial charge in [-0.25, -0.2) is 12.8 Å². The van der Waals surface area contributed by atoms with Crippen LogP contribution in [0, 0.1) is 5.82 Å². The molecule has 1 aliphatic rings. The molecule has 1 fully saturated rings. The summed E-state index contributed by atoms with van der Waals surface area (Å²) in [5.74, 6) is -0.488. The van der Waals surface area contributed by atoms with Crippen LogP contribution in [-0.2, 0) is 10.0 Å². The second-order valence-corrected chi connectivity index (χ2v) is 9.16. The lowest BCUT2D eigenvalue weighted by Crippen LogP contribution is -2.50. The summed E-state index contributed by atoms with van der Waals surface area (Å²) in [6, 6.07) is 8.69. The summed E-state index contributed by atoms with van der Waals surface area (Å²) >= 11 is 3.23. The molecule has 156 valence electrons. The van der Waals surface area contributed by atoms with Gasteiger partial charge in [-0.05, 0) is 30.3 Å². The molecule has 3 rings (SSSR count). The smallest absolute Gasteiger partial charge is 0.256 e. The van der Waals surface area contributed by atoms with Crippen LogP contribution in [0.1, 0.15) is 10.4 Å². The van der Waals surface area contributed by atoms with Gasteiger partial charge in [0, 0.05) is 36.7 Å². The van der Waals surface area contributed by atoms with E-state index in [1.165, 1.54) is 53.8 Å². The van der Waals surface area contributed by atoms with Gasteiger partial charge in [0.2, 0.25) is 10.0 Å². The van der Waals surface area contributed by atoms with Crippen molar-refractivity contribution in [1.82, 2.24) is 9.21 Å². The van der Waals surface area contributed by atoms with Gasteiger partial charge < -0.3 is 14.4 Å². The molecule has 0 saturated carbocycles. The normalized spacial score (nSPS) is 15.2. The van der Waals surface area contributed by atoms with Gasteiger partial charge in [-0.15, -0.1) is 0 Å². The summed E-state index contributed by atoms with van der Waals surface area (Å²) in [4.78, 5) is 14.1. The Morgan fingerprint density at radius 2 is 1.72 bits per heavy atom. The summed E-state index contributed by atoms with van der Waals surface area (Å²) in [7, 11) is -1.02. The highest BCUT2D eigenvalue weighted by Crippen LogP contribution is 2.31. The van der Waals surface area contributed by atoms with Crippen molar-refractivity contribution < 1.29 is 27.1 Å². The van der Waals surface area contributed by atoms with E-state index in [9.17, 15) is 17.6 Å². The maximum absolute atomic E-state index is 14.0. The molecular weight excluding hydrogens is 467 g/mol. The Bertz CT molecular complexity index is 1020. The number of sulfonamides is 1. The van der Waals surface area contributed by atoms with E-state index in [1.54, 1.807) is 6.07 Å². The Morgan fingerprint density at radius 3 is 2.34 bits per heavy atom. The molecule has 0 spiro atoms. The summed E-state index contributed by atoms with van der Waals surface area (Å²) in [6.07, 6.45) is 0. The fraction of sp³-hybridized carbons (Fsp3) is 0.316. The van der Waals surface area contributed by atoms with Gasteiger partial charge in [0.25, 0.3) is 5.91 Å². The molecule has 10 heteroatoms. The predicted molar refractivity (Wildman–Crippen MR) is 108 cm³/mol. The van der Waals surface area contributed by atoms with E-state index in [0.717, 1.165) is 0 Å². The summed E-state index contributed by atoms with van der Waals surface area (Å²) < 4.78 is 52.4. The lowest BCUT2D eigenvalue weighted by Gasteiger charge is -2.34. The SMILES string of the molecule is COc1ccc(OC)c(S(=O)(=O)N2CCN(C(=O)c3cc(Br)ccc3F)CC2)c1. The number of carbonyl (C=O) groups is 1. The highest BCUT2D eigenvalue weighted by Gasteiger charge is 2.33. The van der Waals surface area contributed by atoms with Crippen molar-refractivity contribution in [3.05, 3.63) is 52.3 Å². The number of piperazine rings is 1. The Kier molecular flexibility index (Phi) is 6.45. The first-order valence-electron chi connectivity index (χ1n) is 8.74. The Morgan fingerprint density at radius 1 is 1.03 bits per heavy atom. The van der Waals surface area contributed by atoms with Crippen molar-refractivity contribution in [1.29, 1.82) is 0 Å². The van der Waals surface area contributed by atoms with E-state index in [2.05, 4.69) is 15.9 Å². The molecule has 29 heavy (non-hydrogen) atoms. The molecule has 1 amide bonds. The molecule has 1 aliphatic heterocycles. The van der Waals surface area contributed by atoms with E-state index >= 15 is 0 Å². The van der Waals surface area contributed by atoms with Crippen LogP contribution in [0.4, 0.5) is 4.39 Å². The van der Waals surface area contributed by atoms with Crippen LogP contribution in [0.5, 0.6) is 11.5 Å². The minimum atomic E-state index is -3.86. The number of nitrogens with zero attached hydrogens (tertiary/aromatic N) is 2. The van der Waals surface area contributed by atoms with Gasteiger partial charge >= 0.3 is 0 Å². The van der Waals surface area contributed by atoms with E-state index in [1.807, 2.05) is 0 Å². The highest BCUT2D eigenvalue weighted by atomic mass is 79.9. The first-order chi connectivity index (χ1) is 13.8. The summed E-state index contributed by atoms with van der Waals surface area (Å²) in [5, 5.41) is 0. The fourth-order valence-corrected chi connectivity index (χ4v) is 5.04. The second kappa shape index (κ2) is 8.68. The third kappa shape index (κ3) is 4.39. The molecule has 7 nitrogen and oxygen atoms in total. The molecule has 2 aromatic carbocycles. The molecule has 0 atom stereocenters. The van der Waals surface area contributed by atoms with Crippen molar-refractivity contribution in [2.45, 2.75) is 4.90 Å². The van der Waals surface area contributed by atoms with Crippen LogP contribution in [0.2, 0.25) is 0 Å². The number of benzene rings is 2. The maximum Gasteiger partial charge on any atom is 0.256 e. The summed E-state index contributed by atoms with van der Waals surface area (Å²) in [5.41, 5.74) is -0.0508. The number of ether oxygens (including phenoxy) is 2. The van der Waals surface area contributed by atoms with Gasteiger partial charge in [0.1, 0.15) is 22.2 Å². The lowest BCUT2D eigenvalue weighted by atomic mass is 10.1. The number of halogens is 2. The molecule has 0 unspecified atom stereocenters. The van der Waals surface area contributed by atoms with Crippen molar-refractivity contribution in [2.75, 3.05) is 40.4 Å². The zero-order chi connectivity index (χ0) is 21.2. The molecule has 0 aliphatic carbocycles. The van der Waals surface area contributed by atoms with Crippen molar-refractivity contribution in [3.63, 3.8) is 0 Å². The van der Waals surface area contributed by atoms with Gasteiger partial charge in [-0.3, -0.25) is 4.79 Å². The quantitative estimate of drug-likeness (QED) is 0.649. The zero-order valence-electron chi connectivity index (χ0n) is 15.9. The Labute approximate surface area is 177 Å². The predicted octanol–water partition coefficient (Wildman–Crippen LogP) is 2.75. The number of hydrogen-bond donors (Lipinski definition) is 0. The summed E-state index contributed by atoms with van der Waals surface area (Å²) in [6.45, 7) is 0.473. The molecular formula is C19H20BrFN2O5S. The van der Waals surface area contributed by atoms with Crippen LogP contribution < -0.4 is 9.47 Å². The number of carbonyl (C=O) groups excluding carboxylic acids is 1. The number of rotatable bonds is 5. The molecule has 0 radical (unpaired) electrons. The molecule has 1 heterocycles. The van der Waals surface area contributed by atoms with Crippen molar-refractivity contribution in [3.8, 4) is 11.5 Å². The molecule has 0 N–H and O–H groups in total. The third-order valence-corrected chi connectivity index (χ3v) is 7.09. The lowest BCUT2D eigenvalue weighted by molar-refractivity contribution is 0.0693. The molecule has 1 saturated heterocycles. The second-order valence-electron chi connectivity index (χ2n) is 6.34. The Balaban J connectivity index is 1.78. The monoisotopic (exact) mass is 486 g/mol. The number of hydrogen-bond acceptors (Lipinski definition) is 5. The Hall–Kier alpha value is -2.17. The largest absolute Gasteiger partial charge is 0.497 e. The average Bonchev–Trinajstić information content (AvgIpc) is 2.74. The zero-order valence-corrected chi connectivity index (χ0v) is 18.3. The van der Waals surface area contributed by atoms with Gasteiger partial charge in [-0.1, -0.05) is 15.9 Å². The van der Waals surface area contributed by atoms with Gasteiger partial charge in [0.05, 0.1) is 19.8 Å². The topological polar surface area (TPSA) is 76.2 Å². The first-order valence-corrected chi connectivity index (χ1v) is 11.0. The van der Waals surface area contributed by atoms with Crippen molar-refractivity contribution >= 4 is 31.9 Å². The van der Waals surface area contributed by atoms with Crippen LogP contribution in [0.25, 0.3) is 0 Å². The average molecular weight is 487 g/mol. The number of methoxy groups -OCH3 is 2. The van der Waals surface area contributed by atoms with E-state index in [-0.39, 0.29) is 42.4 Å². The highest BCUT2D eigenvalue weighted by molar-refractivity contribution is 9.10. The van der Waals surface area contributed by atoms with E-state index < -0.39 is 21.7 Å². The van der Waals surface area contributed by atoms with E-state index in [0.29, 0.717) is 10.2 Å². The van der Waals surface area contributed by atoms with E-state index in [4.69, 9.17) is 9.47 Å². The van der Waals surface area contributed by atoms with Crippen molar-refractivity contribution in [2.24, 2.45) is 0 Å². The minimum absolute atomic E-state index is 0.00263. The number of amides is 1. The standard InChI is InChI=1S/C19H20BrFN2O5S/c1-27-14-4-6-17(28-2)18(12-14)29(25,26)23-9-7-22(8-10-23)19(24)15-11-13(20)3-5-16(15)21/h3-6,11-12H,7-10H2,1-2H3. The van der Waals surface area contributed by atoms with Crippen LogP contribution >= 0.6 is 15.9 Å². The van der Waals surface area contributed by atoms with Crippen LogP contribution in [0.15, 0.2) is 45.8 Å². The molecule has 0 bridgehead atoms. The van der Waals surface area contributed by atoms with Crippen LogP contribution in [-0.4, -0.2) is 63.9 Å². The minimum Gasteiger partial charge on any atom is -0.497 e. The maximum atomic E-state index is 14.0. The third-order valence-electron chi connectivity index (χ3n) is 4.67. The van der Waals surface area contributed by atoms with Gasteiger partial charge in [-0.2, -0.15) is 4.31 Å². The van der Waals surface area contributed by atoms with Gasteiger partial charge in [0.15, 0.2) is 0 Å². The first kappa shape index (κ1) is 21.5. The molecule has 2 aromatic rings. The van der Waals surface area contributed by atoms with Crippen LogP contribution in [0.3, 0.4) is 0 Å². The fourth-order valence-electron chi connectivity index (χ4n) is 3.09. The molecule has 0 aromatic heterocycles.